The fourth-order valence-corrected chi connectivity index (χ4v) is 2.41. The Morgan fingerprint density at radius 3 is 2.07 bits per heavy atom. The van der Waals surface area contributed by atoms with Gasteiger partial charge in [0.2, 0.25) is 0 Å². The highest BCUT2D eigenvalue weighted by molar-refractivity contribution is 4.88. The highest BCUT2D eigenvalue weighted by atomic mass is 16.5. The van der Waals surface area contributed by atoms with E-state index in [1.807, 2.05) is 14.2 Å². The molecule has 0 bridgehead atoms. The summed E-state index contributed by atoms with van der Waals surface area (Å²) < 4.78 is 5.67. The number of nitrogens with one attached hydrogen (secondary N) is 1. The Bertz CT molecular complexity index is 162. The lowest BCUT2D eigenvalue weighted by molar-refractivity contribution is -0.0235. The third-order valence-electron chi connectivity index (χ3n) is 3.12. The molecule has 2 heteroatoms. The molecule has 0 aliphatic heterocycles. The minimum absolute atomic E-state index is 0.185. The van der Waals surface area contributed by atoms with Gasteiger partial charge in [0.15, 0.2) is 0 Å². The largest absolute Gasteiger partial charge is 0.379 e. The van der Waals surface area contributed by atoms with Gasteiger partial charge >= 0.3 is 0 Å². The van der Waals surface area contributed by atoms with Gasteiger partial charge in [-0.25, -0.2) is 0 Å². The number of hydrogen-bond donors (Lipinski definition) is 1. The van der Waals surface area contributed by atoms with E-state index in [-0.39, 0.29) is 11.5 Å². The second kappa shape index (κ2) is 6.49. The van der Waals surface area contributed by atoms with E-state index in [1.165, 1.54) is 12.8 Å². The molecule has 0 saturated heterocycles. The molecule has 0 aliphatic rings. The van der Waals surface area contributed by atoms with Crippen molar-refractivity contribution >= 4 is 0 Å². The molecule has 0 amide bonds. The van der Waals surface area contributed by atoms with Crippen LogP contribution in [0.3, 0.4) is 0 Å². The van der Waals surface area contributed by atoms with Crippen molar-refractivity contribution < 1.29 is 4.74 Å². The van der Waals surface area contributed by atoms with Crippen LogP contribution in [0.5, 0.6) is 0 Å². The number of hydrogen-bond acceptors (Lipinski definition) is 2. The summed E-state index contributed by atoms with van der Waals surface area (Å²) in [5.74, 6) is 0.657. The number of ether oxygens (including phenoxy) is 1. The van der Waals surface area contributed by atoms with Crippen LogP contribution in [0.15, 0.2) is 0 Å². The van der Waals surface area contributed by atoms with E-state index < -0.39 is 0 Å². The second-order valence-corrected chi connectivity index (χ2v) is 5.60. The van der Waals surface area contributed by atoms with Crippen molar-refractivity contribution in [3.05, 3.63) is 0 Å². The highest BCUT2D eigenvalue weighted by Gasteiger charge is 2.34. The summed E-state index contributed by atoms with van der Waals surface area (Å²) in [5, 5.41) is 3.42. The topological polar surface area (TPSA) is 21.3 Å². The van der Waals surface area contributed by atoms with Crippen LogP contribution in [0, 0.1) is 11.3 Å². The van der Waals surface area contributed by atoms with E-state index in [0.29, 0.717) is 12.0 Å². The Balaban J connectivity index is 4.60. The maximum atomic E-state index is 5.67. The standard InChI is InChI=1S/C13H29NO/c1-8-9-10(2)11(14-6)12(15-7)13(3,4)5/h10-12,14H,8-9H2,1-7H3. The van der Waals surface area contributed by atoms with Crippen LogP contribution in [0.4, 0.5) is 0 Å². The normalized spacial score (nSPS) is 18.6. The first-order chi connectivity index (χ1) is 6.88. The molecule has 15 heavy (non-hydrogen) atoms. The molecule has 0 heterocycles. The molecule has 1 N–H and O–H groups in total. The molecule has 0 aromatic heterocycles. The molecular formula is C13H29NO. The highest BCUT2D eigenvalue weighted by Crippen LogP contribution is 2.28. The fraction of sp³-hybridized carbons (Fsp3) is 1.00. The minimum Gasteiger partial charge on any atom is -0.379 e. The smallest absolute Gasteiger partial charge is 0.0774 e. The van der Waals surface area contributed by atoms with E-state index in [9.17, 15) is 0 Å². The van der Waals surface area contributed by atoms with Crippen LogP contribution in [-0.4, -0.2) is 26.3 Å². The lowest BCUT2D eigenvalue weighted by Crippen LogP contribution is -2.49. The van der Waals surface area contributed by atoms with E-state index >= 15 is 0 Å². The van der Waals surface area contributed by atoms with Gasteiger partial charge in [0.25, 0.3) is 0 Å². The lowest BCUT2D eigenvalue weighted by Gasteiger charge is -2.38. The monoisotopic (exact) mass is 215 g/mol. The van der Waals surface area contributed by atoms with Crippen LogP contribution in [-0.2, 0) is 4.74 Å². The molecule has 0 aliphatic carbocycles. The zero-order valence-corrected chi connectivity index (χ0v) is 11.6. The summed E-state index contributed by atoms with van der Waals surface area (Å²) in [6.07, 6.45) is 2.76. The van der Waals surface area contributed by atoms with Gasteiger partial charge in [0.1, 0.15) is 0 Å². The lowest BCUT2D eigenvalue weighted by atomic mass is 9.79. The maximum Gasteiger partial charge on any atom is 0.0774 e. The first-order valence-corrected chi connectivity index (χ1v) is 6.08. The van der Waals surface area contributed by atoms with Gasteiger partial charge < -0.3 is 10.1 Å². The summed E-state index contributed by atoms with van der Waals surface area (Å²) in [6, 6.07) is 0.440. The summed E-state index contributed by atoms with van der Waals surface area (Å²) in [6.45, 7) is 11.3. The predicted molar refractivity (Wildman–Crippen MR) is 67.2 cm³/mol. The van der Waals surface area contributed by atoms with Crippen molar-refractivity contribution in [2.45, 2.75) is 59.6 Å². The van der Waals surface area contributed by atoms with Crippen molar-refractivity contribution in [1.82, 2.24) is 5.32 Å². The molecule has 0 fully saturated rings. The molecule has 0 spiro atoms. The third-order valence-corrected chi connectivity index (χ3v) is 3.12. The van der Waals surface area contributed by atoms with E-state index in [0.717, 1.165) is 0 Å². The first-order valence-electron chi connectivity index (χ1n) is 6.08. The molecule has 2 nitrogen and oxygen atoms in total. The van der Waals surface area contributed by atoms with Crippen molar-refractivity contribution in [2.75, 3.05) is 14.2 Å². The summed E-state index contributed by atoms with van der Waals surface area (Å²) in [4.78, 5) is 0. The molecule has 0 radical (unpaired) electrons. The zero-order valence-electron chi connectivity index (χ0n) is 11.6. The molecule has 0 aromatic rings. The van der Waals surface area contributed by atoms with E-state index in [4.69, 9.17) is 4.74 Å². The van der Waals surface area contributed by atoms with Gasteiger partial charge in [-0.1, -0.05) is 41.0 Å². The Morgan fingerprint density at radius 1 is 1.27 bits per heavy atom. The van der Waals surface area contributed by atoms with Crippen LogP contribution < -0.4 is 5.32 Å². The third kappa shape index (κ3) is 4.52. The molecular weight excluding hydrogens is 186 g/mol. The summed E-state index contributed by atoms with van der Waals surface area (Å²) >= 11 is 0. The average Bonchev–Trinajstić information content (AvgIpc) is 2.11. The van der Waals surface area contributed by atoms with Crippen LogP contribution in [0.1, 0.15) is 47.5 Å². The minimum atomic E-state index is 0.185. The Hall–Kier alpha value is -0.0800. The zero-order chi connectivity index (χ0) is 12.1. The molecule has 0 aromatic carbocycles. The number of methoxy groups -OCH3 is 1. The molecule has 0 rings (SSSR count). The SMILES string of the molecule is CCCC(C)C(NC)C(OC)C(C)(C)C. The molecule has 92 valence electrons. The summed E-state index contributed by atoms with van der Waals surface area (Å²) in [5.41, 5.74) is 0.185. The first kappa shape index (κ1) is 14.9. The maximum absolute atomic E-state index is 5.67. The second-order valence-electron chi connectivity index (χ2n) is 5.60. The van der Waals surface area contributed by atoms with Crippen LogP contribution in [0.25, 0.3) is 0 Å². The molecule has 0 saturated carbocycles. The molecule has 3 unspecified atom stereocenters. The van der Waals surface area contributed by atoms with Gasteiger partial charge in [0.05, 0.1) is 6.10 Å². The van der Waals surface area contributed by atoms with Gasteiger partial charge in [0, 0.05) is 13.2 Å². The fourth-order valence-electron chi connectivity index (χ4n) is 2.41. The number of rotatable bonds is 6. The molecule has 3 atom stereocenters. The van der Waals surface area contributed by atoms with E-state index in [1.54, 1.807) is 0 Å². The van der Waals surface area contributed by atoms with Gasteiger partial charge in [-0.15, -0.1) is 0 Å². The van der Waals surface area contributed by atoms with E-state index in [2.05, 4.69) is 39.9 Å². The van der Waals surface area contributed by atoms with Gasteiger partial charge in [-0.05, 0) is 24.8 Å². The van der Waals surface area contributed by atoms with Gasteiger partial charge in [-0.2, -0.15) is 0 Å². The van der Waals surface area contributed by atoms with Crippen LogP contribution in [0.2, 0.25) is 0 Å². The van der Waals surface area contributed by atoms with Crippen molar-refractivity contribution in [1.29, 1.82) is 0 Å². The summed E-state index contributed by atoms with van der Waals surface area (Å²) in [7, 11) is 3.85. The van der Waals surface area contributed by atoms with Crippen molar-refractivity contribution in [3.8, 4) is 0 Å². The van der Waals surface area contributed by atoms with Gasteiger partial charge in [-0.3, -0.25) is 0 Å². The predicted octanol–water partition coefficient (Wildman–Crippen LogP) is 3.07. The Labute approximate surface area is 95.8 Å². The van der Waals surface area contributed by atoms with Crippen LogP contribution >= 0.6 is 0 Å². The van der Waals surface area contributed by atoms with Crippen molar-refractivity contribution in [3.63, 3.8) is 0 Å². The Morgan fingerprint density at radius 2 is 1.80 bits per heavy atom. The number of likely N-dealkylation sites (N-methyl/N-ethyl adjacent to an activating group) is 1. The quantitative estimate of drug-likeness (QED) is 0.735. The van der Waals surface area contributed by atoms with Crippen molar-refractivity contribution in [2.24, 2.45) is 11.3 Å². The Kier molecular flexibility index (Phi) is 6.46. The average molecular weight is 215 g/mol.